The Kier molecular flexibility index (Phi) is 5.38. The number of rotatable bonds is 5. The van der Waals surface area contributed by atoms with E-state index in [2.05, 4.69) is 5.10 Å². The molecule has 1 aromatic carbocycles. The van der Waals surface area contributed by atoms with E-state index in [1.165, 1.54) is 24.8 Å². The van der Waals surface area contributed by atoms with Crippen LogP contribution in [0.4, 0.5) is 4.39 Å². The highest BCUT2D eigenvalue weighted by atomic mass is 19.1. The van der Waals surface area contributed by atoms with Crippen molar-refractivity contribution in [3.63, 3.8) is 0 Å². The predicted octanol–water partition coefficient (Wildman–Crippen LogP) is 3.24. The van der Waals surface area contributed by atoms with E-state index in [1.807, 2.05) is 23.4 Å². The van der Waals surface area contributed by atoms with Gasteiger partial charge in [0.25, 0.3) is 0 Å². The molecule has 1 fully saturated rings. The highest BCUT2D eigenvalue weighted by molar-refractivity contribution is 5.80. The predicted molar refractivity (Wildman–Crippen MR) is 109 cm³/mol. The largest absolute Gasteiger partial charge is 0.469 e. The Labute approximate surface area is 176 Å². The summed E-state index contributed by atoms with van der Waals surface area (Å²) < 4.78 is 20.0. The number of aromatic nitrogens is 2. The third-order valence-electron chi connectivity index (χ3n) is 6.56. The number of benzene rings is 1. The standard InChI is InChI=1S/C23H28FN3O3/c1-15-19-8-9-26(21(28)10-17-11-23(2,12-17)22(29)30-3)14-20(19)27(25-15)13-16-4-6-18(24)7-5-16/h4-7,17H,8-14H2,1-3H3. The Morgan fingerprint density at radius 3 is 2.63 bits per heavy atom. The van der Waals surface area contributed by atoms with Crippen molar-refractivity contribution in [1.29, 1.82) is 0 Å². The van der Waals surface area contributed by atoms with Crippen LogP contribution in [0.2, 0.25) is 0 Å². The average Bonchev–Trinajstić information content (AvgIpc) is 3.02. The van der Waals surface area contributed by atoms with Crippen LogP contribution in [0.15, 0.2) is 24.3 Å². The van der Waals surface area contributed by atoms with Crippen molar-refractivity contribution in [3.8, 4) is 0 Å². The number of methoxy groups -OCH3 is 1. The van der Waals surface area contributed by atoms with Crippen molar-refractivity contribution in [1.82, 2.24) is 14.7 Å². The highest BCUT2D eigenvalue weighted by Crippen LogP contribution is 2.48. The normalized spacial score (nSPS) is 22.9. The average molecular weight is 413 g/mol. The van der Waals surface area contributed by atoms with Gasteiger partial charge in [-0.2, -0.15) is 5.10 Å². The number of aryl methyl sites for hydroxylation is 1. The van der Waals surface area contributed by atoms with Crippen molar-refractivity contribution in [2.75, 3.05) is 13.7 Å². The van der Waals surface area contributed by atoms with Crippen molar-refractivity contribution in [2.45, 2.75) is 52.6 Å². The molecule has 2 heterocycles. The van der Waals surface area contributed by atoms with E-state index >= 15 is 0 Å². The molecule has 6 nitrogen and oxygen atoms in total. The minimum absolute atomic E-state index is 0.129. The van der Waals surface area contributed by atoms with Crippen LogP contribution in [-0.2, 0) is 33.8 Å². The van der Waals surface area contributed by atoms with Crippen molar-refractivity contribution in [2.24, 2.45) is 11.3 Å². The second-order valence-electron chi connectivity index (χ2n) is 8.89. The highest BCUT2D eigenvalue weighted by Gasteiger charge is 2.47. The number of carbonyl (C=O) groups is 2. The van der Waals surface area contributed by atoms with Crippen molar-refractivity contribution in [3.05, 3.63) is 52.6 Å². The van der Waals surface area contributed by atoms with Gasteiger partial charge in [-0.3, -0.25) is 14.3 Å². The lowest BCUT2D eigenvalue weighted by atomic mass is 9.62. The number of ether oxygens (including phenoxy) is 1. The topological polar surface area (TPSA) is 64.4 Å². The molecule has 1 aliphatic heterocycles. The van der Waals surface area contributed by atoms with E-state index in [-0.39, 0.29) is 23.6 Å². The lowest BCUT2D eigenvalue weighted by Crippen LogP contribution is -2.45. The fraction of sp³-hybridized carbons (Fsp3) is 0.522. The van der Waals surface area contributed by atoms with E-state index in [9.17, 15) is 14.0 Å². The maximum atomic E-state index is 13.2. The van der Waals surface area contributed by atoms with Gasteiger partial charge in [0.05, 0.1) is 37.0 Å². The number of esters is 1. The zero-order valence-corrected chi connectivity index (χ0v) is 17.8. The number of nitrogens with zero attached hydrogens (tertiary/aromatic N) is 3. The third kappa shape index (κ3) is 3.85. The molecule has 0 unspecified atom stereocenters. The number of amides is 1. The second kappa shape index (κ2) is 7.85. The van der Waals surface area contributed by atoms with Crippen LogP contribution in [0.3, 0.4) is 0 Å². The minimum atomic E-state index is -0.445. The molecule has 30 heavy (non-hydrogen) atoms. The monoisotopic (exact) mass is 413 g/mol. The molecular weight excluding hydrogens is 385 g/mol. The number of fused-ring (bicyclic) bond motifs is 1. The number of hydrogen-bond donors (Lipinski definition) is 0. The maximum absolute atomic E-state index is 13.2. The summed E-state index contributed by atoms with van der Waals surface area (Å²) in [6.45, 7) is 5.69. The molecule has 0 bridgehead atoms. The number of carbonyl (C=O) groups excluding carboxylic acids is 2. The zero-order valence-electron chi connectivity index (χ0n) is 17.8. The Balaban J connectivity index is 1.41. The molecule has 0 radical (unpaired) electrons. The lowest BCUT2D eigenvalue weighted by Gasteiger charge is -2.43. The summed E-state index contributed by atoms with van der Waals surface area (Å²) in [7, 11) is 1.41. The summed E-state index contributed by atoms with van der Waals surface area (Å²) in [5.74, 6) is -0.0823. The summed E-state index contributed by atoms with van der Waals surface area (Å²) in [6, 6.07) is 6.43. The molecule has 1 saturated carbocycles. The smallest absolute Gasteiger partial charge is 0.311 e. The van der Waals surface area contributed by atoms with Gasteiger partial charge in [-0.25, -0.2) is 4.39 Å². The van der Waals surface area contributed by atoms with Crippen molar-refractivity contribution < 1.29 is 18.7 Å². The van der Waals surface area contributed by atoms with Gasteiger partial charge in [0.15, 0.2) is 0 Å². The molecule has 1 amide bonds. The first-order valence-electron chi connectivity index (χ1n) is 10.4. The summed E-state index contributed by atoms with van der Waals surface area (Å²) in [4.78, 5) is 26.7. The van der Waals surface area contributed by atoms with Gasteiger partial charge in [0.1, 0.15) is 5.82 Å². The molecule has 1 aliphatic carbocycles. The molecule has 0 atom stereocenters. The summed E-state index contributed by atoms with van der Waals surface area (Å²) in [6.07, 6.45) is 2.66. The van der Waals surface area contributed by atoms with Crippen LogP contribution in [0.5, 0.6) is 0 Å². The zero-order chi connectivity index (χ0) is 21.5. The maximum Gasteiger partial charge on any atom is 0.311 e. The fourth-order valence-corrected chi connectivity index (χ4v) is 4.93. The van der Waals surface area contributed by atoms with Crippen LogP contribution in [0, 0.1) is 24.1 Å². The van der Waals surface area contributed by atoms with E-state index in [1.54, 1.807) is 12.1 Å². The minimum Gasteiger partial charge on any atom is -0.469 e. The Morgan fingerprint density at radius 1 is 1.27 bits per heavy atom. The van der Waals surface area contributed by atoms with E-state index in [0.717, 1.165) is 23.4 Å². The fourth-order valence-electron chi connectivity index (χ4n) is 4.93. The lowest BCUT2D eigenvalue weighted by molar-refractivity contribution is -0.161. The molecule has 4 rings (SSSR count). The van der Waals surface area contributed by atoms with Crippen molar-refractivity contribution >= 4 is 11.9 Å². The first kappa shape index (κ1) is 20.6. The molecule has 2 aliphatic rings. The van der Waals surface area contributed by atoms with Crippen LogP contribution in [0.25, 0.3) is 0 Å². The summed E-state index contributed by atoms with van der Waals surface area (Å²) >= 11 is 0. The summed E-state index contributed by atoms with van der Waals surface area (Å²) in [5, 5.41) is 4.67. The molecule has 1 aromatic heterocycles. The van der Waals surface area contributed by atoms with Crippen LogP contribution >= 0.6 is 0 Å². The van der Waals surface area contributed by atoms with E-state index in [0.29, 0.717) is 38.9 Å². The van der Waals surface area contributed by atoms with Gasteiger partial charge in [-0.15, -0.1) is 0 Å². The second-order valence-corrected chi connectivity index (χ2v) is 8.89. The molecule has 2 aromatic rings. The first-order valence-corrected chi connectivity index (χ1v) is 10.4. The Morgan fingerprint density at radius 2 is 1.97 bits per heavy atom. The Hall–Kier alpha value is -2.70. The first-order chi connectivity index (χ1) is 14.3. The Bertz CT molecular complexity index is 961. The van der Waals surface area contributed by atoms with Gasteiger partial charge >= 0.3 is 5.97 Å². The molecule has 0 spiro atoms. The van der Waals surface area contributed by atoms with E-state index in [4.69, 9.17) is 4.74 Å². The molecule has 0 saturated heterocycles. The molecule has 160 valence electrons. The van der Waals surface area contributed by atoms with Gasteiger partial charge in [0.2, 0.25) is 5.91 Å². The van der Waals surface area contributed by atoms with Crippen LogP contribution < -0.4 is 0 Å². The summed E-state index contributed by atoms with van der Waals surface area (Å²) in [5.41, 5.74) is 3.79. The van der Waals surface area contributed by atoms with Gasteiger partial charge in [0, 0.05) is 13.0 Å². The quantitative estimate of drug-likeness (QED) is 0.706. The third-order valence-corrected chi connectivity index (χ3v) is 6.56. The molecule has 7 heteroatoms. The van der Waals surface area contributed by atoms with Gasteiger partial charge in [-0.05, 0) is 62.3 Å². The van der Waals surface area contributed by atoms with Gasteiger partial charge in [-0.1, -0.05) is 12.1 Å². The number of hydrogen-bond acceptors (Lipinski definition) is 4. The van der Waals surface area contributed by atoms with E-state index < -0.39 is 5.41 Å². The number of halogens is 1. The SMILES string of the molecule is COC(=O)C1(C)CC(CC(=O)N2CCc3c(C)nn(Cc4ccc(F)cc4)c3C2)C1. The van der Waals surface area contributed by atoms with Crippen LogP contribution in [-0.4, -0.2) is 40.2 Å². The van der Waals surface area contributed by atoms with Gasteiger partial charge < -0.3 is 9.64 Å². The molecule has 0 N–H and O–H groups in total. The molecular formula is C23H28FN3O3. The van der Waals surface area contributed by atoms with Crippen LogP contribution in [0.1, 0.15) is 48.7 Å².